The van der Waals surface area contributed by atoms with Crippen LogP contribution in [0.4, 0.5) is 0 Å². The largest absolute Gasteiger partial charge is 0.466 e. The molecule has 0 spiro atoms. The molecule has 0 aliphatic carbocycles. The normalized spacial score (nSPS) is 11.6. The van der Waals surface area contributed by atoms with Crippen LogP contribution in [0.25, 0.3) is 0 Å². The molecule has 44 heavy (non-hydrogen) atoms. The van der Waals surface area contributed by atoms with E-state index in [1.54, 1.807) is 0 Å². The third-order valence-corrected chi connectivity index (χ3v) is 8.76. The maximum atomic E-state index is 12.0. The molecule has 0 saturated carbocycles. The van der Waals surface area contributed by atoms with Crippen LogP contribution in [0.1, 0.15) is 227 Å². The Morgan fingerprint density at radius 3 is 1.18 bits per heavy atom. The second kappa shape index (κ2) is 40.0. The predicted octanol–water partition coefficient (Wildman–Crippen LogP) is 13.5. The van der Waals surface area contributed by atoms with Crippen LogP contribution < -0.4 is 0 Å². The van der Waals surface area contributed by atoms with Gasteiger partial charge in [-0.1, -0.05) is 188 Å². The zero-order valence-corrected chi connectivity index (χ0v) is 30.8. The van der Waals surface area contributed by atoms with Gasteiger partial charge < -0.3 is 9.47 Å². The van der Waals surface area contributed by atoms with E-state index in [2.05, 4.69) is 27.7 Å². The number of hydrogen-bond acceptors (Lipinski definition) is 4. The van der Waals surface area contributed by atoms with Gasteiger partial charge in [-0.3, -0.25) is 9.59 Å². The Labute approximate surface area is 277 Å². The van der Waals surface area contributed by atoms with E-state index in [9.17, 15) is 9.59 Å². The summed E-state index contributed by atoms with van der Waals surface area (Å²) >= 11 is 0. The van der Waals surface area contributed by atoms with Crippen LogP contribution in [0.2, 0.25) is 0 Å². The zero-order chi connectivity index (χ0) is 32.8. The van der Waals surface area contributed by atoms with Gasteiger partial charge in [0.05, 0.1) is 19.1 Å². The molecular formula is C40H80O4. The minimum absolute atomic E-state index is 0.0304. The van der Waals surface area contributed by atoms with Crippen LogP contribution in [0.3, 0.4) is 0 Å². The average Bonchev–Trinajstić information content (AvgIpc) is 3.02. The van der Waals surface area contributed by atoms with Gasteiger partial charge in [-0.05, 0) is 32.6 Å². The van der Waals surface area contributed by atoms with Crippen molar-refractivity contribution in [1.29, 1.82) is 0 Å². The molecule has 1 atom stereocenters. The summed E-state index contributed by atoms with van der Waals surface area (Å²) < 4.78 is 10.3. The van der Waals surface area contributed by atoms with E-state index in [1.807, 2.05) is 6.92 Å². The minimum Gasteiger partial charge on any atom is -0.466 e. The van der Waals surface area contributed by atoms with Gasteiger partial charge in [0.2, 0.25) is 0 Å². The van der Waals surface area contributed by atoms with Gasteiger partial charge in [0.15, 0.2) is 0 Å². The lowest BCUT2D eigenvalue weighted by atomic mass is 9.98. The van der Waals surface area contributed by atoms with Crippen molar-refractivity contribution in [3.05, 3.63) is 0 Å². The predicted molar refractivity (Wildman–Crippen MR) is 192 cm³/mol. The van der Waals surface area contributed by atoms with Crippen LogP contribution in [0, 0.1) is 5.92 Å². The van der Waals surface area contributed by atoms with Gasteiger partial charge in [0, 0.05) is 6.42 Å². The molecule has 0 amide bonds. The van der Waals surface area contributed by atoms with Crippen molar-refractivity contribution in [2.24, 2.45) is 5.92 Å². The SMILES string of the molecule is CCCCCCCCCCC(CC)C(=O)OCCCCCC.CCCCCCCCCCCCCCCCCC(=O)OCC. The van der Waals surface area contributed by atoms with Crippen LogP contribution in [-0.4, -0.2) is 25.2 Å². The molecule has 0 radical (unpaired) electrons. The van der Waals surface area contributed by atoms with Crippen molar-refractivity contribution in [2.45, 2.75) is 227 Å². The van der Waals surface area contributed by atoms with E-state index in [4.69, 9.17) is 9.47 Å². The van der Waals surface area contributed by atoms with Crippen molar-refractivity contribution in [2.75, 3.05) is 13.2 Å². The lowest BCUT2D eigenvalue weighted by molar-refractivity contribution is -0.149. The number of rotatable bonds is 33. The number of carbonyl (C=O) groups excluding carboxylic acids is 2. The number of unbranched alkanes of at least 4 members (excludes halogenated alkanes) is 24. The van der Waals surface area contributed by atoms with E-state index in [0.29, 0.717) is 19.6 Å². The first-order valence-electron chi connectivity index (χ1n) is 19.9. The second-order valence-electron chi connectivity index (χ2n) is 13.1. The molecule has 4 nitrogen and oxygen atoms in total. The first-order chi connectivity index (χ1) is 21.6. The molecule has 0 aromatic rings. The quantitative estimate of drug-likeness (QED) is 0.0538. The minimum atomic E-state index is -0.0304. The summed E-state index contributed by atoms with van der Waals surface area (Å²) in [5.74, 6) is 0.144. The molecule has 0 N–H and O–H groups in total. The fourth-order valence-corrected chi connectivity index (χ4v) is 5.71. The van der Waals surface area contributed by atoms with E-state index in [0.717, 1.165) is 25.7 Å². The molecule has 0 bridgehead atoms. The topological polar surface area (TPSA) is 52.6 Å². The van der Waals surface area contributed by atoms with Gasteiger partial charge in [-0.2, -0.15) is 0 Å². The summed E-state index contributed by atoms with van der Waals surface area (Å²) in [6.07, 6.45) is 38.2. The molecule has 1 unspecified atom stereocenters. The molecule has 264 valence electrons. The summed E-state index contributed by atoms with van der Waals surface area (Å²) in [6.45, 7) is 11.8. The van der Waals surface area contributed by atoms with E-state index in [-0.39, 0.29) is 17.9 Å². The smallest absolute Gasteiger partial charge is 0.308 e. The molecule has 0 saturated heterocycles. The Balaban J connectivity index is 0. The Morgan fingerprint density at radius 2 is 0.795 bits per heavy atom. The highest BCUT2D eigenvalue weighted by molar-refractivity contribution is 5.72. The summed E-state index contributed by atoms with van der Waals surface area (Å²) in [4.78, 5) is 23.2. The zero-order valence-electron chi connectivity index (χ0n) is 30.8. The van der Waals surface area contributed by atoms with Gasteiger partial charge >= 0.3 is 11.9 Å². The summed E-state index contributed by atoms with van der Waals surface area (Å²) in [6, 6.07) is 0. The van der Waals surface area contributed by atoms with Crippen molar-refractivity contribution in [1.82, 2.24) is 0 Å². The van der Waals surface area contributed by atoms with Crippen molar-refractivity contribution >= 4 is 11.9 Å². The molecule has 0 aliphatic rings. The van der Waals surface area contributed by atoms with Gasteiger partial charge in [0.25, 0.3) is 0 Å². The van der Waals surface area contributed by atoms with Crippen LogP contribution in [0.15, 0.2) is 0 Å². The Morgan fingerprint density at radius 1 is 0.432 bits per heavy atom. The molecule has 0 aromatic carbocycles. The molecule has 4 heteroatoms. The second-order valence-corrected chi connectivity index (χ2v) is 13.1. The number of carbonyl (C=O) groups is 2. The maximum absolute atomic E-state index is 12.0. The van der Waals surface area contributed by atoms with Gasteiger partial charge in [0.1, 0.15) is 0 Å². The third kappa shape index (κ3) is 37.1. The van der Waals surface area contributed by atoms with E-state index >= 15 is 0 Å². The van der Waals surface area contributed by atoms with E-state index < -0.39 is 0 Å². The standard InChI is InChI=1S/2C20H40O2/c1-4-7-9-11-12-13-14-15-17-19(6-3)20(21)22-18-16-10-8-5-2;1-3-5-6-7-8-9-10-11-12-13-14-15-16-17-18-19-20(21)22-4-2/h19H,4-18H2,1-3H3;3-19H2,1-2H3. The first kappa shape index (κ1) is 45.1. The molecule has 0 fully saturated rings. The fraction of sp³-hybridized carbons (Fsp3) is 0.950. The lowest BCUT2D eigenvalue weighted by Crippen LogP contribution is -2.17. The first-order valence-corrected chi connectivity index (χ1v) is 19.9. The lowest BCUT2D eigenvalue weighted by Gasteiger charge is -2.14. The summed E-state index contributed by atoms with van der Waals surface area (Å²) in [5.41, 5.74) is 0. The van der Waals surface area contributed by atoms with Crippen molar-refractivity contribution < 1.29 is 19.1 Å². The molecule has 0 aliphatic heterocycles. The summed E-state index contributed by atoms with van der Waals surface area (Å²) in [5, 5.41) is 0. The number of esters is 2. The highest BCUT2D eigenvalue weighted by atomic mass is 16.5. The number of hydrogen-bond donors (Lipinski definition) is 0. The molecule has 0 heterocycles. The molecule has 0 rings (SSSR count). The Bertz CT molecular complexity index is 562. The number of ether oxygens (including phenoxy) is 2. The molecule has 0 aromatic heterocycles. The summed E-state index contributed by atoms with van der Waals surface area (Å²) in [7, 11) is 0. The monoisotopic (exact) mass is 625 g/mol. The Kier molecular flexibility index (Phi) is 40.9. The Hall–Kier alpha value is -1.06. The van der Waals surface area contributed by atoms with Gasteiger partial charge in [-0.15, -0.1) is 0 Å². The van der Waals surface area contributed by atoms with Crippen LogP contribution in [-0.2, 0) is 19.1 Å². The fourth-order valence-electron chi connectivity index (χ4n) is 5.71. The van der Waals surface area contributed by atoms with Crippen LogP contribution in [0.5, 0.6) is 0 Å². The average molecular weight is 625 g/mol. The van der Waals surface area contributed by atoms with E-state index in [1.165, 1.54) is 161 Å². The highest BCUT2D eigenvalue weighted by Crippen LogP contribution is 2.18. The van der Waals surface area contributed by atoms with Gasteiger partial charge in [-0.25, -0.2) is 0 Å². The molecular weight excluding hydrogens is 544 g/mol. The third-order valence-electron chi connectivity index (χ3n) is 8.76. The maximum Gasteiger partial charge on any atom is 0.308 e. The van der Waals surface area contributed by atoms with Crippen molar-refractivity contribution in [3.63, 3.8) is 0 Å². The van der Waals surface area contributed by atoms with Crippen LogP contribution >= 0.6 is 0 Å². The van der Waals surface area contributed by atoms with Crippen molar-refractivity contribution in [3.8, 4) is 0 Å². The highest BCUT2D eigenvalue weighted by Gasteiger charge is 2.17.